The van der Waals surface area contributed by atoms with Gasteiger partial charge in [0.15, 0.2) is 0 Å². The fourth-order valence-corrected chi connectivity index (χ4v) is 1.90. The molecule has 0 rings (SSSR count). The highest BCUT2D eigenvalue weighted by atomic mass is 32.2. The Labute approximate surface area is 81.6 Å². The highest BCUT2D eigenvalue weighted by molar-refractivity contribution is 7.90. The molecule has 0 aromatic rings. The zero-order chi connectivity index (χ0) is 10.3. The van der Waals surface area contributed by atoms with Crippen LogP contribution in [0.3, 0.4) is 0 Å². The van der Waals surface area contributed by atoms with Gasteiger partial charge in [0.25, 0.3) is 0 Å². The van der Waals surface area contributed by atoms with Crippen LogP contribution in [0.2, 0.25) is 0 Å². The van der Waals surface area contributed by atoms with Crippen LogP contribution in [-0.4, -0.2) is 26.5 Å². The van der Waals surface area contributed by atoms with E-state index in [2.05, 4.69) is 6.92 Å². The molecule has 4 heteroatoms. The van der Waals surface area contributed by atoms with Crippen molar-refractivity contribution in [2.24, 2.45) is 5.73 Å². The highest BCUT2D eigenvalue weighted by Gasteiger charge is 2.07. The molecule has 0 aliphatic rings. The third-order valence-electron chi connectivity index (χ3n) is 2.04. The highest BCUT2D eigenvalue weighted by Crippen LogP contribution is 2.05. The Kier molecular flexibility index (Phi) is 6.33. The maximum atomic E-state index is 10.8. The van der Waals surface area contributed by atoms with Gasteiger partial charge in [-0.2, -0.15) is 0 Å². The molecule has 0 bridgehead atoms. The predicted molar refractivity (Wildman–Crippen MR) is 56.4 cm³/mol. The van der Waals surface area contributed by atoms with Gasteiger partial charge in [-0.05, 0) is 12.8 Å². The van der Waals surface area contributed by atoms with Crippen molar-refractivity contribution in [1.29, 1.82) is 0 Å². The average Bonchev–Trinajstić information content (AvgIpc) is 2.00. The van der Waals surface area contributed by atoms with E-state index in [9.17, 15) is 8.42 Å². The number of hydrogen-bond donors (Lipinski definition) is 1. The minimum atomic E-state index is -2.83. The summed E-state index contributed by atoms with van der Waals surface area (Å²) in [6.07, 6.45) is 6.28. The molecule has 0 amide bonds. The number of hydrogen-bond acceptors (Lipinski definition) is 3. The molecule has 0 saturated heterocycles. The van der Waals surface area contributed by atoms with Crippen molar-refractivity contribution in [3.63, 3.8) is 0 Å². The SMILES string of the molecule is CCCCCC(N)CCS(C)(=O)=O. The van der Waals surface area contributed by atoms with Crippen LogP contribution in [0, 0.1) is 0 Å². The Morgan fingerprint density at radius 1 is 1.23 bits per heavy atom. The molecule has 0 saturated carbocycles. The number of unbranched alkanes of at least 4 members (excludes halogenated alkanes) is 2. The van der Waals surface area contributed by atoms with E-state index in [1.807, 2.05) is 0 Å². The number of rotatable bonds is 7. The zero-order valence-corrected chi connectivity index (χ0v) is 9.44. The van der Waals surface area contributed by atoms with Gasteiger partial charge in [0, 0.05) is 12.3 Å². The summed E-state index contributed by atoms with van der Waals surface area (Å²) in [5, 5.41) is 0. The summed E-state index contributed by atoms with van der Waals surface area (Å²) in [5.41, 5.74) is 5.76. The summed E-state index contributed by atoms with van der Waals surface area (Å²) >= 11 is 0. The van der Waals surface area contributed by atoms with E-state index in [1.54, 1.807) is 0 Å². The molecule has 0 radical (unpaired) electrons. The minimum absolute atomic E-state index is 0.0567. The standard InChI is InChI=1S/C9H21NO2S/c1-3-4-5-6-9(10)7-8-13(2,11)12/h9H,3-8,10H2,1-2H3. The molecule has 0 aliphatic carbocycles. The van der Waals surface area contributed by atoms with E-state index >= 15 is 0 Å². The lowest BCUT2D eigenvalue weighted by molar-refractivity contribution is 0.540. The first-order chi connectivity index (χ1) is 5.95. The van der Waals surface area contributed by atoms with Crippen LogP contribution >= 0.6 is 0 Å². The van der Waals surface area contributed by atoms with Gasteiger partial charge >= 0.3 is 0 Å². The maximum Gasteiger partial charge on any atom is 0.147 e. The van der Waals surface area contributed by atoms with Gasteiger partial charge in [-0.15, -0.1) is 0 Å². The fraction of sp³-hybridized carbons (Fsp3) is 1.00. The molecule has 13 heavy (non-hydrogen) atoms. The van der Waals surface area contributed by atoms with E-state index in [4.69, 9.17) is 5.73 Å². The van der Waals surface area contributed by atoms with Crippen molar-refractivity contribution < 1.29 is 8.42 Å². The summed E-state index contributed by atoms with van der Waals surface area (Å²) in [6, 6.07) is 0.0567. The second kappa shape index (κ2) is 6.38. The Bertz CT molecular complexity index is 212. The molecule has 80 valence electrons. The van der Waals surface area contributed by atoms with Gasteiger partial charge in [0.05, 0.1) is 5.75 Å². The van der Waals surface area contributed by atoms with Crippen molar-refractivity contribution in [3.05, 3.63) is 0 Å². The molecule has 0 aliphatic heterocycles. The predicted octanol–water partition coefficient (Wildman–Crippen LogP) is 1.33. The molecule has 0 aromatic heterocycles. The van der Waals surface area contributed by atoms with Crippen molar-refractivity contribution in [3.8, 4) is 0 Å². The summed E-state index contributed by atoms with van der Waals surface area (Å²) in [4.78, 5) is 0. The normalized spacial score (nSPS) is 14.4. The Hall–Kier alpha value is -0.0900. The van der Waals surface area contributed by atoms with Crippen LogP contribution < -0.4 is 5.73 Å². The second-order valence-electron chi connectivity index (χ2n) is 3.67. The average molecular weight is 207 g/mol. The molecule has 2 N–H and O–H groups in total. The van der Waals surface area contributed by atoms with E-state index in [-0.39, 0.29) is 11.8 Å². The third kappa shape index (κ3) is 9.83. The third-order valence-corrected chi connectivity index (χ3v) is 3.02. The zero-order valence-electron chi connectivity index (χ0n) is 8.62. The van der Waals surface area contributed by atoms with Gasteiger partial charge in [-0.25, -0.2) is 8.42 Å². The van der Waals surface area contributed by atoms with Crippen molar-refractivity contribution in [2.45, 2.75) is 45.1 Å². The van der Waals surface area contributed by atoms with E-state index in [0.717, 1.165) is 12.8 Å². The lowest BCUT2D eigenvalue weighted by atomic mass is 10.1. The first-order valence-electron chi connectivity index (χ1n) is 4.89. The molecule has 0 heterocycles. The molecule has 3 nitrogen and oxygen atoms in total. The Morgan fingerprint density at radius 2 is 1.85 bits per heavy atom. The van der Waals surface area contributed by atoms with Crippen LogP contribution in [0.25, 0.3) is 0 Å². The maximum absolute atomic E-state index is 10.8. The molecular weight excluding hydrogens is 186 g/mol. The summed E-state index contributed by atoms with van der Waals surface area (Å²) in [6.45, 7) is 2.14. The van der Waals surface area contributed by atoms with Crippen LogP contribution in [0.5, 0.6) is 0 Å². The van der Waals surface area contributed by atoms with Crippen molar-refractivity contribution in [1.82, 2.24) is 0 Å². The largest absolute Gasteiger partial charge is 0.328 e. The molecule has 1 atom stereocenters. The van der Waals surface area contributed by atoms with E-state index in [0.29, 0.717) is 6.42 Å². The summed E-state index contributed by atoms with van der Waals surface area (Å²) in [7, 11) is -2.83. The van der Waals surface area contributed by atoms with Gasteiger partial charge in [0.2, 0.25) is 0 Å². The van der Waals surface area contributed by atoms with Crippen LogP contribution in [0.15, 0.2) is 0 Å². The lowest BCUT2D eigenvalue weighted by Crippen LogP contribution is -2.23. The van der Waals surface area contributed by atoms with E-state index < -0.39 is 9.84 Å². The van der Waals surface area contributed by atoms with Crippen LogP contribution in [-0.2, 0) is 9.84 Å². The fourth-order valence-electron chi connectivity index (χ4n) is 1.17. The molecule has 0 aromatic carbocycles. The van der Waals surface area contributed by atoms with Crippen LogP contribution in [0.1, 0.15) is 39.0 Å². The Balaban J connectivity index is 3.46. The van der Waals surface area contributed by atoms with Crippen molar-refractivity contribution >= 4 is 9.84 Å². The van der Waals surface area contributed by atoms with Gasteiger partial charge < -0.3 is 5.73 Å². The monoisotopic (exact) mass is 207 g/mol. The summed E-state index contributed by atoms with van der Waals surface area (Å²) in [5.74, 6) is 0.223. The molecular formula is C9H21NO2S. The topological polar surface area (TPSA) is 60.2 Å². The molecule has 0 fully saturated rings. The lowest BCUT2D eigenvalue weighted by Gasteiger charge is -2.09. The molecule has 1 unspecified atom stereocenters. The summed E-state index contributed by atoms with van der Waals surface area (Å²) < 4.78 is 21.6. The number of sulfone groups is 1. The van der Waals surface area contributed by atoms with Gasteiger partial charge in [-0.3, -0.25) is 0 Å². The smallest absolute Gasteiger partial charge is 0.147 e. The van der Waals surface area contributed by atoms with Gasteiger partial charge in [0.1, 0.15) is 9.84 Å². The molecule has 0 spiro atoms. The number of nitrogens with two attached hydrogens (primary N) is 1. The van der Waals surface area contributed by atoms with Crippen molar-refractivity contribution in [2.75, 3.05) is 12.0 Å². The first kappa shape index (κ1) is 12.9. The first-order valence-corrected chi connectivity index (χ1v) is 6.95. The van der Waals surface area contributed by atoms with Gasteiger partial charge in [-0.1, -0.05) is 26.2 Å². The minimum Gasteiger partial charge on any atom is -0.328 e. The Morgan fingerprint density at radius 3 is 2.31 bits per heavy atom. The van der Waals surface area contributed by atoms with Crippen LogP contribution in [0.4, 0.5) is 0 Å². The van der Waals surface area contributed by atoms with E-state index in [1.165, 1.54) is 19.1 Å². The second-order valence-corrected chi connectivity index (χ2v) is 5.93. The quantitative estimate of drug-likeness (QED) is 0.641.